The summed E-state index contributed by atoms with van der Waals surface area (Å²) < 4.78 is 3.76. The summed E-state index contributed by atoms with van der Waals surface area (Å²) in [4.78, 5) is 4.22. The summed E-state index contributed by atoms with van der Waals surface area (Å²) >= 11 is 0. The predicted molar refractivity (Wildman–Crippen MR) is 51.3 cm³/mol. The van der Waals surface area contributed by atoms with Crippen molar-refractivity contribution in [3.8, 4) is 11.5 Å². The molecule has 0 radical (unpaired) electrons. The molecule has 2 heterocycles. The number of aryl methyl sites for hydroxylation is 1. The van der Waals surface area contributed by atoms with E-state index in [1.165, 1.54) is 0 Å². The molecule has 0 aromatic carbocycles. The van der Waals surface area contributed by atoms with Gasteiger partial charge in [0.25, 0.3) is 0 Å². The maximum absolute atomic E-state index is 5.44. The maximum Gasteiger partial charge on any atom is 0.183 e. The van der Waals surface area contributed by atoms with Crippen LogP contribution in [0, 0.1) is 0 Å². The molecule has 2 N–H and O–H groups in total. The second-order valence-electron chi connectivity index (χ2n) is 3.05. The van der Waals surface area contributed by atoms with Crippen molar-refractivity contribution in [1.29, 1.82) is 0 Å². The lowest BCUT2D eigenvalue weighted by Crippen LogP contribution is -2.07. The molecule has 2 aromatic rings. The Kier molecular flexibility index (Phi) is 2.28. The van der Waals surface area contributed by atoms with E-state index in [4.69, 9.17) is 5.73 Å². The van der Waals surface area contributed by atoms with Crippen LogP contribution in [-0.2, 0) is 13.6 Å². The highest BCUT2D eigenvalue weighted by molar-refractivity contribution is 5.46. The monoisotopic (exact) mass is 192 g/mol. The molecule has 6 nitrogen and oxygen atoms in total. The Morgan fingerprint density at radius 2 is 2.29 bits per heavy atom. The summed E-state index contributed by atoms with van der Waals surface area (Å²) in [7, 11) is 1.89. The summed E-state index contributed by atoms with van der Waals surface area (Å²) in [6.07, 6.45) is 5.31. The van der Waals surface area contributed by atoms with Gasteiger partial charge >= 0.3 is 0 Å². The summed E-state index contributed by atoms with van der Waals surface area (Å²) in [5.41, 5.74) is 6.25. The van der Waals surface area contributed by atoms with Crippen molar-refractivity contribution in [2.24, 2.45) is 12.8 Å². The van der Waals surface area contributed by atoms with Gasteiger partial charge in [-0.1, -0.05) is 0 Å². The quantitative estimate of drug-likeness (QED) is 0.720. The number of imidazole rings is 1. The van der Waals surface area contributed by atoms with Gasteiger partial charge in [-0.15, -0.1) is 10.2 Å². The molecule has 6 heteroatoms. The van der Waals surface area contributed by atoms with Crippen LogP contribution >= 0.6 is 0 Å². The van der Waals surface area contributed by atoms with Crippen LogP contribution in [-0.4, -0.2) is 30.9 Å². The van der Waals surface area contributed by atoms with Gasteiger partial charge in [0.05, 0.1) is 6.33 Å². The summed E-state index contributed by atoms with van der Waals surface area (Å²) in [5, 5.41) is 7.76. The molecule has 0 saturated carbocycles. The topological polar surface area (TPSA) is 74.5 Å². The van der Waals surface area contributed by atoms with Gasteiger partial charge in [0.1, 0.15) is 12.0 Å². The first-order valence-electron chi connectivity index (χ1n) is 4.37. The molecule has 2 rings (SSSR count). The third-order valence-corrected chi connectivity index (χ3v) is 1.96. The van der Waals surface area contributed by atoms with Crippen molar-refractivity contribution in [2.75, 3.05) is 6.54 Å². The number of rotatable bonds is 3. The van der Waals surface area contributed by atoms with Gasteiger partial charge in [-0.05, 0) is 0 Å². The van der Waals surface area contributed by atoms with Gasteiger partial charge in [0, 0.05) is 26.3 Å². The smallest absolute Gasteiger partial charge is 0.183 e. The van der Waals surface area contributed by atoms with Crippen molar-refractivity contribution in [2.45, 2.75) is 6.54 Å². The van der Waals surface area contributed by atoms with Crippen molar-refractivity contribution in [3.63, 3.8) is 0 Å². The standard InChI is InChI=1S/C8H12N6/c1-13-6-11-12-8(13)7-4-14(3-2-9)5-10-7/h4-6H,2-3,9H2,1H3. The Bertz CT molecular complexity index is 415. The SMILES string of the molecule is Cn1cnnc1-c1cn(CCN)cn1. The fourth-order valence-electron chi connectivity index (χ4n) is 1.26. The van der Waals surface area contributed by atoms with E-state index in [0.29, 0.717) is 6.54 Å². The van der Waals surface area contributed by atoms with Crippen molar-refractivity contribution in [3.05, 3.63) is 18.9 Å². The molecule has 14 heavy (non-hydrogen) atoms. The van der Waals surface area contributed by atoms with Crippen LogP contribution in [0.5, 0.6) is 0 Å². The Morgan fingerprint density at radius 3 is 2.93 bits per heavy atom. The molecule has 0 bridgehead atoms. The van der Waals surface area contributed by atoms with Crippen LogP contribution < -0.4 is 5.73 Å². The Hall–Kier alpha value is -1.69. The van der Waals surface area contributed by atoms with Gasteiger partial charge in [-0.25, -0.2) is 4.98 Å². The molecule has 0 amide bonds. The average molecular weight is 192 g/mol. The van der Waals surface area contributed by atoms with E-state index in [9.17, 15) is 0 Å². The molecule has 0 unspecified atom stereocenters. The minimum absolute atomic E-state index is 0.606. The third kappa shape index (κ3) is 1.51. The number of nitrogens with zero attached hydrogens (tertiary/aromatic N) is 5. The van der Waals surface area contributed by atoms with Crippen LogP contribution in [0.3, 0.4) is 0 Å². The molecule has 0 atom stereocenters. The fourth-order valence-corrected chi connectivity index (χ4v) is 1.26. The van der Waals surface area contributed by atoms with E-state index in [0.717, 1.165) is 18.1 Å². The van der Waals surface area contributed by atoms with E-state index in [1.807, 2.05) is 22.4 Å². The van der Waals surface area contributed by atoms with Crippen LogP contribution in [0.1, 0.15) is 0 Å². The molecule has 0 aliphatic carbocycles. The lowest BCUT2D eigenvalue weighted by molar-refractivity contribution is 0.708. The normalized spacial score (nSPS) is 10.7. The molecule has 0 fully saturated rings. The zero-order chi connectivity index (χ0) is 9.97. The van der Waals surface area contributed by atoms with Crippen LogP contribution in [0.25, 0.3) is 11.5 Å². The maximum atomic E-state index is 5.44. The van der Waals surface area contributed by atoms with E-state index in [-0.39, 0.29) is 0 Å². The fraction of sp³-hybridized carbons (Fsp3) is 0.375. The largest absolute Gasteiger partial charge is 0.335 e. The lowest BCUT2D eigenvalue weighted by atomic mass is 10.4. The van der Waals surface area contributed by atoms with E-state index < -0.39 is 0 Å². The van der Waals surface area contributed by atoms with Gasteiger partial charge < -0.3 is 14.9 Å². The zero-order valence-electron chi connectivity index (χ0n) is 7.96. The molecule has 0 aliphatic rings. The highest BCUT2D eigenvalue weighted by atomic mass is 15.3. The van der Waals surface area contributed by atoms with Crippen molar-refractivity contribution < 1.29 is 0 Å². The first kappa shape index (κ1) is 8.89. The van der Waals surface area contributed by atoms with E-state index in [1.54, 1.807) is 12.7 Å². The van der Waals surface area contributed by atoms with Gasteiger partial charge in [0.15, 0.2) is 5.82 Å². The van der Waals surface area contributed by atoms with Gasteiger partial charge in [-0.3, -0.25) is 0 Å². The predicted octanol–water partition coefficient (Wildman–Crippen LogP) is -0.363. The molecule has 2 aromatic heterocycles. The van der Waals surface area contributed by atoms with E-state index >= 15 is 0 Å². The highest BCUT2D eigenvalue weighted by Gasteiger charge is 2.06. The van der Waals surface area contributed by atoms with Gasteiger partial charge in [-0.2, -0.15) is 0 Å². The summed E-state index contributed by atoms with van der Waals surface area (Å²) in [6.45, 7) is 1.37. The molecular weight excluding hydrogens is 180 g/mol. The first-order valence-corrected chi connectivity index (χ1v) is 4.37. The number of hydrogen-bond acceptors (Lipinski definition) is 4. The molecule has 0 aliphatic heterocycles. The van der Waals surface area contributed by atoms with Crippen molar-refractivity contribution >= 4 is 0 Å². The Morgan fingerprint density at radius 1 is 1.43 bits per heavy atom. The Labute approximate surface area is 81.4 Å². The average Bonchev–Trinajstić information content (AvgIpc) is 2.74. The third-order valence-electron chi connectivity index (χ3n) is 1.96. The molecular formula is C8H12N6. The number of aromatic nitrogens is 5. The van der Waals surface area contributed by atoms with E-state index in [2.05, 4.69) is 15.2 Å². The minimum atomic E-state index is 0.606. The summed E-state index contributed by atoms with van der Waals surface area (Å²) in [6, 6.07) is 0. The van der Waals surface area contributed by atoms with Crippen molar-refractivity contribution in [1.82, 2.24) is 24.3 Å². The molecule has 0 spiro atoms. The summed E-state index contributed by atoms with van der Waals surface area (Å²) in [5.74, 6) is 0.765. The first-order chi connectivity index (χ1) is 6.81. The zero-order valence-corrected chi connectivity index (χ0v) is 7.96. The lowest BCUT2D eigenvalue weighted by Gasteiger charge is -1.96. The van der Waals surface area contributed by atoms with Gasteiger partial charge in [0.2, 0.25) is 0 Å². The Balaban J connectivity index is 2.29. The number of nitrogens with two attached hydrogens (primary N) is 1. The number of hydrogen-bond donors (Lipinski definition) is 1. The highest BCUT2D eigenvalue weighted by Crippen LogP contribution is 2.11. The molecule has 74 valence electrons. The molecule has 0 saturated heterocycles. The minimum Gasteiger partial charge on any atom is -0.335 e. The van der Waals surface area contributed by atoms with Crippen LogP contribution in [0.2, 0.25) is 0 Å². The van der Waals surface area contributed by atoms with Crippen LogP contribution in [0.4, 0.5) is 0 Å². The second kappa shape index (κ2) is 3.59. The second-order valence-corrected chi connectivity index (χ2v) is 3.05. The van der Waals surface area contributed by atoms with Crippen LogP contribution in [0.15, 0.2) is 18.9 Å².